The van der Waals surface area contributed by atoms with E-state index in [0.29, 0.717) is 12.1 Å². The minimum Gasteiger partial charge on any atom is -0.357 e. The molecule has 160 valence electrons. The van der Waals surface area contributed by atoms with Gasteiger partial charge in [0.15, 0.2) is 0 Å². The highest BCUT2D eigenvalue weighted by Crippen LogP contribution is 2.17. The molecule has 1 fully saturated rings. The quantitative estimate of drug-likeness (QED) is 0.736. The number of hydrogen-bond donors (Lipinski definition) is 2. The molecule has 0 bridgehead atoms. The SMILES string of the molecule is Cc1ccccc1C(=O)NC(C(=O)NCc1ccc(N2CCCCC2)nc1)C(C)C. The first-order valence-electron chi connectivity index (χ1n) is 10.8. The highest BCUT2D eigenvalue weighted by Gasteiger charge is 2.25. The van der Waals surface area contributed by atoms with E-state index in [1.165, 1.54) is 19.3 Å². The summed E-state index contributed by atoms with van der Waals surface area (Å²) in [6.07, 6.45) is 5.53. The molecule has 0 spiro atoms. The van der Waals surface area contributed by atoms with Gasteiger partial charge in [-0.05, 0) is 55.4 Å². The molecule has 1 atom stereocenters. The molecule has 2 amide bonds. The summed E-state index contributed by atoms with van der Waals surface area (Å²) in [5, 5.41) is 5.83. The van der Waals surface area contributed by atoms with Crippen LogP contribution in [0.1, 0.15) is 54.6 Å². The van der Waals surface area contributed by atoms with Gasteiger partial charge < -0.3 is 15.5 Å². The first kappa shape index (κ1) is 21.8. The van der Waals surface area contributed by atoms with Crippen molar-refractivity contribution in [1.82, 2.24) is 15.6 Å². The first-order chi connectivity index (χ1) is 14.5. The fraction of sp³-hybridized carbons (Fsp3) is 0.458. The van der Waals surface area contributed by atoms with Gasteiger partial charge in [0.25, 0.3) is 5.91 Å². The number of amides is 2. The van der Waals surface area contributed by atoms with Crippen LogP contribution < -0.4 is 15.5 Å². The van der Waals surface area contributed by atoms with Gasteiger partial charge in [0.2, 0.25) is 5.91 Å². The summed E-state index contributed by atoms with van der Waals surface area (Å²) >= 11 is 0. The predicted molar refractivity (Wildman–Crippen MR) is 119 cm³/mol. The third-order valence-corrected chi connectivity index (χ3v) is 5.58. The molecule has 0 aliphatic carbocycles. The van der Waals surface area contributed by atoms with Crippen LogP contribution in [0.4, 0.5) is 5.82 Å². The zero-order chi connectivity index (χ0) is 21.5. The maximum absolute atomic E-state index is 12.8. The Morgan fingerprint density at radius 2 is 1.80 bits per heavy atom. The average Bonchev–Trinajstić information content (AvgIpc) is 2.76. The number of piperidine rings is 1. The van der Waals surface area contributed by atoms with E-state index < -0.39 is 6.04 Å². The Morgan fingerprint density at radius 1 is 1.07 bits per heavy atom. The van der Waals surface area contributed by atoms with Gasteiger partial charge in [-0.15, -0.1) is 0 Å². The van der Waals surface area contributed by atoms with E-state index in [2.05, 4.69) is 20.5 Å². The van der Waals surface area contributed by atoms with Gasteiger partial charge >= 0.3 is 0 Å². The van der Waals surface area contributed by atoms with Crippen LogP contribution in [0.3, 0.4) is 0 Å². The third kappa shape index (κ3) is 5.59. The van der Waals surface area contributed by atoms with Crippen molar-refractivity contribution < 1.29 is 9.59 Å². The van der Waals surface area contributed by atoms with Crippen LogP contribution >= 0.6 is 0 Å². The number of hydrogen-bond acceptors (Lipinski definition) is 4. The lowest BCUT2D eigenvalue weighted by Gasteiger charge is -2.27. The van der Waals surface area contributed by atoms with Gasteiger partial charge in [-0.25, -0.2) is 4.98 Å². The summed E-state index contributed by atoms with van der Waals surface area (Å²) in [5.74, 6) is 0.550. The smallest absolute Gasteiger partial charge is 0.252 e. The molecule has 0 saturated carbocycles. The van der Waals surface area contributed by atoms with Crippen LogP contribution in [-0.2, 0) is 11.3 Å². The minimum atomic E-state index is -0.599. The first-order valence-corrected chi connectivity index (χ1v) is 10.8. The molecule has 6 nitrogen and oxygen atoms in total. The van der Waals surface area contributed by atoms with Gasteiger partial charge in [0, 0.05) is 31.4 Å². The maximum Gasteiger partial charge on any atom is 0.252 e. The van der Waals surface area contributed by atoms with Crippen LogP contribution in [0.5, 0.6) is 0 Å². The molecule has 30 heavy (non-hydrogen) atoms. The molecular formula is C24H32N4O2. The van der Waals surface area contributed by atoms with E-state index in [9.17, 15) is 9.59 Å². The van der Waals surface area contributed by atoms with Crippen LogP contribution in [0.25, 0.3) is 0 Å². The molecule has 1 aromatic carbocycles. The lowest BCUT2D eigenvalue weighted by molar-refractivity contribution is -0.124. The van der Waals surface area contributed by atoms with Crippen LogP contribution in [0, 0.1) is 12.8 Å². The van der Waals surface area contributed by atoms with Gasteiger partial charge in [0.05, 0.1) is 0 Å². The monoisotopic (exact) mass is 408 g/mol. The summed E-state index contributed by atoms with van der Waals surface area (Å²) in [6.45, 7) is 8.24. The molecular weight excluding hydrogens is 376 g/mol. The molecule has 1 aliphatic rings. The number of nitrogens with one attached hydrogen (secondary N) is 2. The number of nitrogens with zero attached hydrogens (tertiary/aromatic N) is 2. The summed E-state index contributed by atoms with van der Waals surface area (Å²) in [5.41, 5.74) is 2.42. The Kier molecular flexibility index (Phi) is 7.44. The topological polar surface area (TPSA) is 74.3 Å². The van der Waals surface area contributed by atoms with Crippen molar-refractivity contribution in [1.29, 1.82) is 0 Å². The Bertz CT molecular complexity index is 858. The van der Waals surface area contributed by atoms with Crippen molar-refractivity contribution >= 4 is 17.6 Å². The number of anilines is 1. The number of carbonyl (C=O) groups is 2. The molecule has 1 unspecified atom stereocenters. The van der Waals surface area contributed by atoms with Gasteiger partial charge in [0.1, 0.15) is 11.9 Å². The fourth-order valence-corrected chi connectivity index (χ4v) is 3.71. The van der Waals surface area contributed by atoms with Gasteiger partial charge in [-0.2, -0.15) is 0 Å². The number of benzene rings is 1. The van der Waals surface area contributed by atoms with Crippen molar-refractivity contribution in [2.75, 3.05) is 18.0 Å². The molecule has 0 radical (unpaired) electrons. The van der Waals surface area contributed by atoms with Crippen molar-refractivity contribution in [3.8, 4) is 0 Å². The minimum absolute atomic E-state index is 0.0300. The summed E-state index contributed by atoms with van der Waals surface area (Å²) in [6, 6.07) is 10.8. The normalized spacial score (nSPS) is 15.0. The molecule has 1 aliphatic heterocycles. The van der Waals surface area contributed by atoms with E-state index in [-0.39, 0.29) is 17.7 Å². The van der Waals surface area contributed by atoms with Gasteiger partial charge in [-0.3, -0.25) is 9.59 Å². The molecule has 6 heteroatoms. The standard InChI is InChI=1S/C24H32N4O2/c1-17(2)22(27-23(29)20-10-6-5-9-18(20)3)24(30)26-16-19-11-12-21(25-15-19)28-13-7-4-8-14-28/h5-6,9-12,15,17,22H,4,7-8,13-14,16H2,1-3H3,(H,26,30)(H,27,29). The number of carbonyl (C=O) groups excluding carboxylic acids is 2. The van der Waals surface area contributed by atoms with E-state index in [0.717, 1.165) is 30.0 Å². The molecule has 2 heterocycles. The van der Waals surface area contributed by atoms with Gasteiger partial charge in [-0.1, -0.05) is 38.1 Å². The second kappa shape index (κ2) is 10.2. The van der Waals surface area contributed by atoms with E-state index >= 15 is 0 Å². The van der Waals surface area contributed by atoms with Crippen molar-refractivity contribution in [3.63, 3.8) is 0 Å². The second-order valence-electron chi connectivity index (χ2n) is 8.30. The highest BCUT2D eigenvalue weighted by atomic mass is 16.2. The number of aromatic nitrogens is 1. The van der Waals surface area contributed by atoms with E-state index in [1.807, 2.05) is 57.3 Å². The average molecular weight is 409 g/mol. The van der Waals surface area contributed by atoms with E-state index in [4.69, 9.17) is 0 Å². The Labute approximate surface area is 179 Å². The summed E-state index contributed by atoms with van der Waals surface area (Å²) in [4.78, 5) is 32.3. The van der Waals surface area contributed by atoms with Crippen LogP contribution in [-0.4, -0.2) is 35.9 Å². The lowest BCUT2D eigenvalue weighted by atomic mass is 10.0. The second-order valence-corrected chi connectivity index (χ2v) is 8.30. The fourth-order valence-electron chi connectivity index (χ4n) is 3.71. The molecule has 2 N–H and O–H groups in total. The van der Waals surface area contributed by atoms with E-state index in [1.54, 1.807) is 6.07 Å². The number of rotatable bonds is 7. The zero-order valence-electron chi connectivity index (χ0n) is 18.1. The number of aryl methyl sites for hydroxylation is 1. The zero-order valence-corrected chi connectivity index (χ0v) is 18.1. The Balaban J connectivity index is 1.57. The summed E-state index contributed by atoms with van der Waals surface area (Å²) in [7, 11) is 0. The van der Waals surface area contributed by atoms with Crippen molar-refractivity contribution in [2.45, 2.75) is 52.6 Å². The predicted octanol–water partition coefficient (Wildman–Crippen LogP) is 3.45. The van der Waals surface area contributed by atoms with Crippen LogP contribution in [0.2, 0.25) is 0 Å². The Morgan fingerprint density at radius 3 is 2.43 bits per heavy atom. The maximum atomic E-state index is 12.8. The Hall–Kier alpha value is -2.89. The van der Waals surface area contributed by atoms with Crippen molar-refractivity contribution in [2.24, 2.45) is 5.92 Å². The lowest BCUT2D eigenvalue weighted by Crippen LogP contribution is -2.49. The molecule has 2 aromatic rings. The third-order valence-electron chi connectivity index (χ3n) is 5.58. The number of pyridine rings is 1. The van der Waals surface area contributed by atoms with Crippen LogP contribution in [0.15, 0.2) is 42.6 Å². The van der Waals surface area contributed by atoms with Crippen molar-refractivity contribution in [3.05, 3.63) is 59.3 Å². The molecule has 1 aromatic heterocycles. The molecule has 3 rings (SSSR count). The highest BCUT2D eigenvalue weighted by molar-refractivity contribution is 5.98. The summed E-state index contributed by atoms with van der Waals surface area (Å²) < 4.78 is 0. The largest absolute Gasteiger partial charge is 0.357 e. The molecule has 1 saturated heterocycles.